The third-order valence-corrected chi connectivity index (χ3v) is 3.16. The molecule has 0 saturated carbocycles. The van der Waals surface area contributed by atoms with E-state index in [0.717, 1.165) is 25.0 Å². The van der Waals surface area contributed by atoms with Crippen LogP contribution in [-0.4, -0.2) is 43.3 Å². The van der Waals surface area contributed by atoms with E-state index in [4.69, 9.17) is 9.47 Å². The SMILES string of the molecule is C=CCOC(=O)NC(CCSC)C(=O)OCCCCC. The molecule has 0 aromatic heterocycles. The molecule has 1 amide bonds. The lowest BCUT2D eigenvalue weighted by atomic mass is 10.2. The number of hydrogen-bond acceptors (Lipinski definition) is 5. The van der Waals surface area contributed by atoms with E-state index >= 15 is 0 Å². The second-order valence-electron chi connectivity index (χ2n) is 4.24. The van der Waals surface area contributed by atoms with Crippen molar-refractivity contribution >= 4 is 23.8 Å². The van der Waals surface area contributed by atoms with Crippen molar-refractivity contribution in [1.82, 2.24) is 5.32 Å². The number of carbonyl (C=O) groups excluding carboxylic acids is 2. The molecule has 0 aliphatic rings. The van der Waals surface area contributed by atoms with Crippen molar-refractivity contribution < 1.29 is 19.1 Å². The number of nitrogens with one attached hydrogen (secondary N) is 1. The summed E-state index contributed by atoms with van der Waals surface area (Å²) in [5, 5.41) is 2.53. The van der Waals surface area contributed by atoms with Gasteiger partial charge in [0.1, 0.15) is 12.6 Å². The molecule has 0 aliphatic carbocycles. The van der Waals surface area contributed by atoms with E-state index in [1.807, 2.05) is 6.26 Å². The van der Waals surface area contributed by atoms with Crippen LogP contribution in [0.3, 0.4) is 0 Å². The van der Waals surface area contributed by atoms with Crippen LogP contribution in [0.15, 0.2) is 12.7 Å². The third kappa shape index (κ3) is 9.72. The molecule has 116 valence electrons. The van der Waals surface area contributed by atoms with Gasteiger partial charge in [0.15, 0.2) is 0 Å². The first-order valence-electron chi connectivity index (χ1n) is 6.85. The summed E-state index contributed by atoms with van der Waals surface area (Å²) < 4.78 is 9.98. The molecule has 0 aromatic carbocycles. The Kier molecular flexibility index (Phi) is 12.1. The molecule has 0 radical (unpaired) electrons. The van der Waals surface area contributed by atoms with E-state index in [1.54, 1.807) is 11.8 Å². The Morgan fingerprint density at radius 2 is 2.10 bits per heavy atom. The maximum absolute atomic E-state index is 11.9. The quantitative estimate of drug-likeness (QED) is 0.361. The predicted molar refractivity (Wildman–Crippen MR) is 82.0 cm³/mol. The Balaban J connectivity index is 4.19. The molecule has 6 heteroatoms. The zero-order chi connectivity index (χ0) is 15.2. The number of ether oxygens (including phenoxy) is 2. The monoisotopic (exact) mass is 303 g/mol. The fraction of sp³-hybridized carbons (Fsp3) is 0.714. The summed E-state index contributed by atoms with van der Waals surface area (Å²) in [4.78, 5) is 23.4. The van der Waals surface area contributed by atoms with Crippen molar-refractivity contribution in [1.29, 1.82) is 0 Å². The third-order valence-electron chi connectivity index (χ3n) is 2.51. The first-order chi connectivity index (χ1) is 9.65. The minimum Gasteiger partial charge on any atom is -0.464 e. The van der Waals surface area contributed by atoms with Gasteiger partial charge in [-0.15, -0.1) is 0 Å². The van der Waals surface area contributed by atoms with Crippen LogP contribution in [0.25, 0.3) is 0 Å². The van der Waals surface area contributed by atoms with Crippen LogP contribution in [0.1, 0.15) is 32.6 Å². The van der Waals surface area contributed by atoms with Crippen molar-refractivity contribution in [3.05, 3.63) is 12.7 Å². The van der Waals surface area contributed by atoms with Crippen LogP contribution in [0.5, 0.6) is 0 Å². The van der Waals surface area contributed by atoms with Gasteiger partial charge in [-0.25, -0.2) is 9.59 Å². The number of carbonyl (C=O) groups is 2. The van der Waals surface area contributed by atoms with Crippen molar-refractivity contribution in [3.63, 3.8) is 0 Å². The maximum Gasteiger partial charge on any atom is 0.408 e. The van der Waals surface area contributed by atoms with Crippen molar-refractivity contribution in [2.75, 3.05) is 25.2 Å². The van der Waals surface area contributed by atoms with Crippen LogP contribution in [0.4, 0.5) is 4.79 Å². The van der Waals surface area contributed by atoms with Crippen LogP contribution in [-0.2, 0) is 14.3 Å². The van der Waals surface area contributed by atoms with Gasteiger partial charge < -0.3 is 14.8 Å². The summed E-state index contributed by atoms with van der Waals surface area (Å²) in [7, 11) is 0. The molecule has 1 atom stereocenters. The number of hydrogen-bond donors (Lipinski definition) is 1. The highest BCUT2D eigenvalue weighted by Gasteiger charge is 2.22. The molecule has 0 heterocycles. The van der Waals surface area contributed by atoms with Crippen LogP contribution < -0.4 is 5.32 Å². The lowest BCUT2D eigenvalue weighted by molar-refractivity contribution is -0.146. The molecule has 1 N–H and O–H groups in total. The topological polar surface area (TPSA) is 64.6 Å². The number of unbranched alkanes of at least 4 members (excludes halogenated alkanes) is 2. The fourth-order valence-electron chi connectivity index (χ4n) is 1.43. The molecule has 1 unspecified atom stereocenters. The Labute approximate surface area is 125 Å². The molecule has 0 aromatic rings. The van der Waals surface area contributed by atoms with Crippen LogP contribution in [0.2, 0.25) is 0 Å². The van der Waals surface area contributed by atoms with Gasteiger partial charge >= 0.3 is 12.1 Å². The molecule has 0 spiro atoms. The summed E-state index contributed by atoms with van der Waals surface area (Å²) in [6.07, 6.45) is 6.26. The maximum atomic E-state index is 11.9. The Morgan fingerprint density at radius 1 is 1.35 bits per heavy atom. The van der Waals surface area contributed by atoms with Gasteiger partial charge in [0.05, 0.1) is 6.61 Å². The minimum atomic E-state index is -0.651. The van der Waals surface area contributed by atoms with E-state index in [-0.39, 0.29) is 6.61 Å². The molecule has 5 nitrogen and oxygen atoms in total. The summed E-state index contributed by atoms with van der Waals surface area (Å²) in [5.74, 6) is 0.363. The average Bonchev–Trinajstić information content (AvgIpc) is 2.45. The van der Waals surface area contributed by atoms with E-state index in [9.17, 15) is 9.59 Å². The van der Waals surface area contributed by atoms with E-state index in [1.165, 1.54) is 6.08 Å². The molecule has 0 saturated heterocycles. The van der Waals surface area contributed by atoms with Crippen molar-refractivity contribution in [2.45, 2.75) is 38.6 Å². The van der Waals surface area contributed by atoms with Gasteiger partial charge in [0.25, 0.3) is 0 Å². The molecule has 0 bridgehead atoms. The van der Waals surface area contributed by atoms with Crippen molar-refractivity contribution in [2.24, 2.45) is 0 Å². The second kappa shape index (κ2) is 12.8. The Morgan fingerprint density at radius 3 is 2.70 bits per heavy atom. The van der Waals surface area contributed by atoms with E-state index < -0.39 is 18.1 Å². The highest BCUT2D eigenvalue weighted by molar-refractivity contribution is 7.98. The first kappa shape index (κ1) is 18.8. The summed E-state index contributed by atoms with van der Waals surface area (Å²) >= 11 is 1.61. The lowest BCUT2D eigenvalue weighted by Crippen LogP contribution is -2.42. The molecule has 0 aliphatic heterocycles. The highest BCUT2D eigenvalue weighted by atomic mass is 32.2. The number of thioether (sulfide) groups is 1. The van der Waals surface area contributed by atoms with Crippen LogP contribution in [0, 0.1) is 0 Å². The van der Waals surface area contributed by atoms with Gasteiger partial charge in [-0.2, -0.15) is 11.8 Å². The van der Waals surface area contributed by atoms with Gasteiger partial charge in [0, 0.05) is 0 Å². The Hall–Kier alpha value is -1.17. The largest absolute Gasteiger partial charge is 0.464 e. The van der Waals surface area contributed by atoms with Crippen molar-refractivity contribution in [3.8, 4) is 0 Å². The first-order valence-corrected chi connectivity index (χ1v) is 8.24. The molecule has 0 fully saturated rings. The number of amides is 1. The molecular formula is C14H25NO4S. The zero-order valence-electron chi connectivity index (χ0n) is 12.4. The highest BCUT2D eigenvalue weighted by Crippen LogP contribution is 2.04. The zero-order valence-corrected chi connectivity index (χ0v) is 13.2. The molecule has 0 rings (SSSR count). The predicted octanol–water partition coefficient (Wildman–Crippen LogP) is 2.75. The number of alkyl carbamates (subject to hydrolysis) is 1. The summed E-state index contributed by atoms with van der Waals surface area (Å²) in [6.45, 7) is 6.05. The van der Waals surface area contributed by atoms with Gasteiger partial charge in [0.2, 0.25) is 0 Å². The number of esters is 1. The van der Waals surface area contributed by atoms with E-state index in [0.29, 0.717) is 13.0 Å². The average molecular weight is 303 g/mol. The normalized spacial score (nSPS) is 11.5. The van der Waals surface area contributed by atoms with Gasteiger partial charge in [-0.1, -0.05) is 32.4 Å². The van der Waals surface area contributed by atoms with Gasteiger partial charge in [-0.3, -0.25) is 0 Å². The van der Waals surface area contributed by atoms with E-state index in [2.05, 4.69) is 18.8 Å². The Bertz CT molecular complexity index is 297. The second-order valence-corrected chi connectivity index (χ2v) is 5.23. The number of rotatable bonds is 11. The minimum absolute atomic E-state index is 0.118. The lowest BCUT2D eigenvalue weighted by Gasteiger charge is -2.17. The fourth-order valence-corrected chi connectivity index (χ4v) is 1.90. The standard InChI is InChI=1S/C14H25NO4S/c1-4-6-7-10-18-13(16)12(8-11-20-3)15-14(17)19-9-5-2/h5,12H,2,4,6-11H2,1,3H3,(H,15,17). The smallest absolute Gasteiger partial charge is 0.408 e. The van der Waals surface area contributed by atoms with Gasteiger partial charge in [-0.05, 0) is 24.9 Å². The summed E-state index contributed by atoms with van der Waals surface area (Å²) in [5.41, 5.74) is 0. The molecular weight excluding hydrogens is 278 g/mol. The molecule has 20 heavy (non-hydrogen) atoms. The van der Waals surface area contributed by atoms with Crippen LogP contribution >= 0.6 is 11.8 Å². The summed E-state index contributed by atoms with van der Waals surface area (Å²) in [6, 6.07) is -0.651.